The smallest absolute Gasteiger partial charge is 0.269 e. The van der Waals surface area contributed by atoms with Crippen LogP contribution in [0, 0.1) is 16.0 Å². The van der Waals surface area contributed by atoms with E-state index in [4.69, 9.17) is 0 Å². The summed E-state index contributed by atoms with van der Waals surface area (Å²) in [6, 6.07) is 14.1. The van der Waals surface area contributed by atoms with Crippen molar-refractivity contribution in [3.05, 3.63) is 58.6 Å². The second kappa shape index (κ2) is 7.49. The van der Waals surface area contributed by atoms with Gasteiger partial charge in [-0.25, -0.2) is 0 Å². The molecule has 1 amide bonds. The molecule has 3 rings (SSSR count). The molecule has 1 aliphatic carbocycles. The summed E-state index contributed by atoms with van der Waals surface area (Å²) in [6.07, 6.45) is 4.26. The van der Waals surface area contributed by atoms with Crippen molar-refractivity contribution in [2.24, 2.45) is 5.92 Å². The van der Waals surface area contributed by atoms with Gasteiger partial charge in [-0.15, -0.1) is 0 Å². The largest absolute Gasteiger partial charge is 0.326 e. The Labute approximate surface area is 144 Å². The molecule has 0 unspecified atom stereocenters. The molecule has 24 heavy (non-hydrogen) atoms. The van der Waals surface area contributed by atoms with Crippen LogP contribution in [-0.4, -0.2) is 10.8 Å². The van der Waals surface area contributed by atoms with Crippen LogP contribution >= 0.6 is 11.8 Å². The Morgan fingerprint density at radius 3 is 2.08 bits per heavy atom. The van der Waals surface area contributed by atoms with Gasteiger partial charge in [-0.2, -0.15) is 0 Å². The molecule has 0 spiro atoms. The fourth-order valence-corrected chi connectivity index (χ4v) is 3.63. The van der Waals surface area contributed by atoms with Crippen molar-refractivity contribution in [1.29, 1.82) is 0 Å². The minimum absolute atomic E-state index is 0.0873. The zero-order chi connectivity index (χ0) is 16.9. The quantitative estimate of drug-likeness (QED) is 0.621. The molecule has 6 heteroatoms. The first-order valence-corrected chi connectivity index (χ1v) is 8.77. The molecular weight excluding hydrogens is 324 g/mol. The number of carbonyl (C=O) groups is 1. The molecular formula is C18H18N2O3S. The van der Waals surface area contributed by atoms with E-state index in [2.05, 4.69) is 5.32 Å². The van der Waals surface area contributed by atoms with Crippen LogP contribution in [-0.2, 0) is 4.79 Å². The van der Waals surface area contributed by atoms with Crippen molar-refractivity contribution >= 4 is 29.0 Å². The number of anilines is 1. The second-order valence-electron chi connectivity index (χ2n) is 5.85. The maximum absolute atomic E-state index is 12.1. The standard InChI is InChI=1S/C18H18N2O3S/c21-18(13-3-1-2-4-13)19-14-5-9-16(10-6-14)24-17-11-7-15(8-12-17)20(22)23/h5-13H,1-4H2,(H,19,21). The van der Waals surface area contributed by atoms with Crippen molar-refractivity contribution in [3.63, 3.8) is 0 Å². The Kier molecular flexibility index (Phi) is 5.15. The average molecular weight is 342 g/mol. The van der Waals surface area contributed by atoms with Crippen LogP contribution < -0.4 is 5.32 Å². The fraction of sp³-hybridized carbons (Fsp3) is 0.278. The van der Waals surface area contributed by atoms with E-state index in [1.807, 2.05) is 24.3 Å². The van der Waals surface area contributed by atoms with Gasteiger partial charge in [0, 0.05) is 33.5 Å². The highest BCUT2D eigenvalue weighted by molar-refractivity contribution is 7.99. The highest BCUT2D eigenvalue weighted by Crippen LogP contribution is 2.30. The minimum Gasteiger partial charge on any atom is -0.326 e. The maximum atomic E-state index is 12.1. The predicted octanol–water partition coefficient (Wildman–Crippen LogP) is 4.87. The number of non-ortho nitro benzene ring substituents is 1. The van der Waals surface area contributed by atoms with Crippen LogP contribution in [0.2, 0.25) is 0 Å². The SMILES string of the molecule is O=C(Nc1ccc(Sc2ccc([N+](=O)[O-])cc2)cc1)C1CCCC1. The van der Waals surface area contributed by atoms with E-state index in [-0.39, 0.29) is 17.5 Å². The van der Waals surface area contributed by atoms with Crippen molar-refractivity contribution in [1.82, 2.24) is 0 Å². The summed E-state index contributed by atoms with van der Waals surface area (Å²) in [5.74, 6) is 0.266. The highest BCUT2D eigenvalue weighted by atomic mass is 32.2. The Morgan fingerprint density at radius 1 is 1.00 bits per heavy atom. The molecule has 0 heterocycles. The van der Waals surface area contributed by atoms with Crippen LogP contribution in [0.5, 0.6) is 0 Å². The summed E-state index contributed by atoms with van der Waals surface area (Å²) in [7, 11) is 0. The number of rotatable bonds is 5. The predicted molar refractivity (Wildman–Crippen MR) is 94.2 cm³/mol. The fourth-order valence-electron chi connectivity index (χ4n) is 2.81. The lowest BCUT2D eigenvalue weighted by atomic mass is 10.1. The molecule has 0 bridgehead atoms. The monoisotopic (exact) mass is 342 g/mol. The second-order valence-corrected chi connectivity index (χ2v) is 7.00. The summed E-state index contributed by atoms with van der Waals surface area (Å²) in [4.78, 5) is 24.3. The van der Waals surface area contributed by atoms with Gasteiger partial charge in [-0.3, -0.25) is 14.9 Å². The van der Waals surface area contributed by atoms with Crippen molar-refractivity contribution in [2.75, 3.05) is 5.32 Å². The van der Waals surface area contributed by atoms with Crippen molar-refractivity contribution in [3.8, 4) is 0 Å². The Bertz CT molecular complexity index is 723. The van der Waals surface area contributed by atoms with Crippen LogP contribution in [0.1, 0.15) is 25.7 Å². The summed E-state index contributed by atoms with van der Waals surface area (Å²) >= 11 is 1.53. The van der Waals surface area contributed by atoms with Gasteiger partial charge in [-0.05, 0) is 49.2 Å². The highest BCUT2D eigenvalue weighted by Gasteiger charge is 2.22. The van der Waals surface area contributed by atoms with Gasteiger partial charge in [0.1, 0.15) is 0 Å². The number of hydrogen-bond acceptors (Lipinski definition) is 4. The number of nitro benzene ring substituents is 1. The van der Waals surface area contributed by atoms with E-state index in [0.29, 0.717) is 0 Å². The molecule has 0 aromatic heterocycles. The third-order valence-electron chi connectivity index (χ3n) is 4.13. The molecule has 0 atom stereocenters. The number of nitrogens with one attached hydrogen (secondary N) is 1. The normalized spacial score (nSPS) is 14.5. The van der Waals surface area contributed by atoms with E-state index in [9.17, 15) is 14.9 Å². The number of nitro groups is 1. The van der Waals surface area contributed by atoms with E-state index < -0.39 is 4.92 Å². The van der Waals surface area contributed by atoms with Crippen LogP contribution in [0.4, 0.5) is 11.4 Å². The van der Waals surface area contributed by atoms with Gasteiger partial charge in [0.05, 0.1) is 4.92 Å². The van der Waals surface area contributed by atoms with Crippen molar-refractivity contribution in [2.45, 2.75) is 35.5 Å². The summed E-state index contributed by atoms with van der Waals surface area (Å²) in [6.45, 7) is 0. The van der Waals surface area contributed by atoms with Gasteiger partial charge in [0.15, 0.2) is 0 Å². The summed E-state index contributed by atoms with van der Waals surface area (Å²) in [5.41, 5.74) is 0.893. The van der Waals surface area contributed by atoms with Crippen molar-refractivity contribution < 1.29 is 9.72 Å². The van der Waals surface area contributed by atoms with E-state index >= 15 is 0 Å². The molecule has 2 aromatic carbocycles. The number of amides is 1. The average Bonchev–Trinajstić information content (AvgIpc) is 3.12. The first-order valence-electron chi connectivity index (χ1n) is 7.95. The van der Waals surface area contributed by atoms with Crippen LogP contribution in [0.15, 0.2) is 58.3 Å². The molecule has 124 valence electrons. The first-order chi connectivity index (χ1) is 11.6. The molecule has 5 nitrogen and oxygen atoms in total. The minimum atomic E-state index is -0.406. The van der Waals surface area contributed by atoms with Gasteiger partial charge >= 0.3 is 0 Å². The molecule has 1 saturated carbocycles. The van der Waals surface area contributed by atoms with E-state index in [1.165, 1.54) is 23.9 Å². The summed E-state index contributed by atoms with van der Waals surface area (Å²) < 4.78 is 0. The Hall–Kier alpha value is -2.34. The maximum Gasteiger partial charge on any atom is 0.269 e. The number of carbonyl (C=O) groups excluding carboxylic acids is 1. The lowest BCUT2D eigenvalue weighted by molar-refractivity contribution is -0.384. The van der Waals surface area contributed by atoms with Gasteiger partial charge in [0.25, 0.3) is 5.69 Å². The molecule has 1 aliphatic rings. The topological polar surface area (TPSA) is 72.2 Å². The van der Waals surface area contributed by atoms with Gasteiger partial charge in [-0.1, -0.05) is 24.6 Å². The molecule has 0 radical (unpaired) electrons. The zero-order valence-electron chi connectivity index (χ0n) is 13.1. The van der Waals surface area contributed by atoms with Crippen LogP contribution in [0.3, 0.4) is 0 Å². The molecule has 0 aliphatic heterocycles. The van der Waals surface area contributed by atoms with E-state index in [0.717, 1.165) is 41.2 Å². The van der Waals surface area contributed by atoms with Gasteiger partial charge < -0.3 is 5.32 Å². The first kappa shape index (κ1) is 16.5. The molecule has 1 fully saturated rings. The third-order valence-corrected chi connectivity index (χ3v) is 5.15. The number of benzene rings is 2. The number of hydrogen-bond donors (Lipinski definition) is 1. The number of nitrogens with zero attached hydrogens (tertiary/aromatic N) is 1. The lowest BCUT2D eigenvalue weighted by Crippen LogP contribution is -2.20. The Morgan fingerprint density at radius 2 is 1.54 bits per heavy atom. The van der Waals surface area contributed by atoms with Crippen LogP contribution in [0.25, 0.3) is 0 Å². The molecule has 2 aromatic rings. The Balaban J connectivity index is 1.59. The third kappa shape index (κ3) is 4.14. The van der Waals surface area contributed by atoms with Gasteiger partial charge in [0.2, 0.25) is 5.91 Å². The molecule has 1 N–H and O–H groups in total. The molecule has 0 saturated heterocycles. The lowest BCUT2D eigenvalue weighted by Gasteiger charge is -2.10. The van der Waals surface area contributed by atoms with E-state index in [1.54, 1.807) is 12.1 Å². The zero-order valence-corrected chi connectivity index (χ0v) is 13.9. The summed E-state index contributed by atoms with van der Waals surface area (Å²) in [5, 5.41) is 13.6.